The Morgan fingerprint density at radius 2 is 1.68 bits per heavy atom. The molecule has 0 aromatic heterocycles. The Kier molecular flexibility index (Phi) is 9.49. The molecule has 0 atom stereocenters. The highest BCUT2D eigenvalue weighted by Crippen LogP contribution is 2.23. The van der Waals surface area contributed by atoms with Gasteiger partial charge in [0.1, 0.15) is 17.1 Å². The number of carbonyl (C=O) groups excluding carboxylic acids is 2. The molecule has 28 heavy (non-hydrogen) atoms. The van der Waals surface area contributed by atoms with E-state index in [0.717, 1.165) is 6.92 Å². The zero-order valence-electron chi connectivity index (χ0n) is 15.5. The van der Waals surface area contributed by atoms with Gasteiger partial charge in [-0.2, -0.15) is 0 Å². The standard InChI is InChI=1S/C17H14ClNO6.C2H6O/c1-10(20)25-15-7-4-12(8-14(15)17(22)23)19-16(21)9-24-13-5-2-11(18)3-6-13;1-3-2/h2-8H,9H2,1H3,(H,19,21)(H,22,23);1-2H3. The summed E-state index contributed by atoms with van der Waals surface area (Å²) in [6.45, 7) is 0.894. The highest BCUT2D eigenvalue weighted by molar-refractivity contribution is 6.30. The molecule has 0 aliphatic rings. The number of anilines is 1. The molecule has 2 aromatic rings. The fourth-order valence-electron chi connectivity index (χ4n) is 1.90. The van der Waals surface area contributed by atoms with Gasteiger partial charge in [0, 0.05) is 31.9 Å². The Bertz CT molecular complexity index is 822. The molecule has 0 aliphatic carbocycles. The van der Waals surface area contributed by atoms with Gasteiger partial charge in [0.25, 0.3) is 5.91 Å². The van der Waals surface area contributed by atoms with E-state index in [-0.39, 0.29) is 23.6 Å². The predicted molar refractivity (Wildman–Crippen MR) is 103 cm³/mol. The zero-order chi connectivity index (χ0) is 21.1. The molecule has 2 rings (SSSR count). The number of rotatable bonds is 6. The molecule has 0 unspecified atom stereocenters. The maximum absolute atomic E-state index is 11.9. The molecule has 1 amide bonds. The Labute approximate surface area is 167 Å². The number of hydrogen-bond acceptors (Lipinski definition) is 6. The number of hydrogen-bond donors (Lipinski definition) is 2. The third kappa shape index (κ3) is 8.07. The van der Waals surface area contributed by atoms with Gasteiger partial charge in [-0.25, -0.2) is 4.79 Å². The van der Waals surface area contributed by atoms with E-state index in [2.05, 4.69) is 10.1 Å². The Morgan fingerprint density at radius 1 is 1.07 bits per heavy atom. The van der Waals surface area contributed by atoms with Crippen molar-refractivity contribution >= 4 is 35.1 Å². The summed E-state index contributed by atoms with van der Waals surface area (Å²) in [6, 6.07) is 10.4. The largest absolute Gasteiger partial charge is 0.484 e. The van der Waals surface area contributed by atoms with E-state index in [9.17, 15) is 19.5 Å². The van der Waals surface area contributed by atoms with Gasteiger partial charge in [-0.15, -0.1) is 0 Å². The highest BCUT2D eigenvalue weighted by atomic mass is 35.5. The molecule has 150 valence electrons. The third-order valence-corrected chi connectivity index (χ3v) is 3.18. The summed E-state index contributed by atoms with van der Waals surface area (Å²) >= 11 is 5.75. The van der Waals surface area contributed by atoms with Gasteiger partial charge in [-0.3, -0.25) is 9.59 Å². The predicted octanol–water partition coefficient (Wildman–Crippen LogP) is 3.24. The molecular weight excluding hydrogens is 390 g/mol. The van der Waals surface area contributed by atoms with Crippen LogP contribution in [0.5, 0.6) is 11.5 Å². The second kappa shape index (κ2) is 11.6. The number of halogens is 1. The van der Waals surface area contributed by atoms with Crippen LogP contribution in [-0.4, -0.2) is 43.8 Å². The lowest BCUT2D eigenvalue weighted by molar-refractivity contribution is -0.131. The normalized spacial score (nSPS) is 9.57. The maximum atomic E-state index is 11.9. The average molecular weight is 410 g/mol. The van der Waals surface area contributed by atoms with Crippen LogP contribution in [0.3, 0.4) is 0 Å². The summed E-state index contributed by atoms with van der Waals surface area (Å²) < 4.78 is 14.4. The Hall–Kier alpha value is -3.10. The molecule has 8 nitrogen and oxygen atoms in total. The fraction of sp³-hybridized carbons (Fsp3) is 0.211. The molecule has 0 spiro atoms. The van der Waals surface area contributed by atoms with Crippen molar-refractivity contribution in [1.82, 2.24) is 0 Å². The van der Waals surface area contributed by atoms with Crippen molar-refractivity contribution in [2.75, 3.05) is 26.1 Å². The quantitative estimate of drug-likeness (QED) is 0.556. The smallest absolute Gasteiger partial charge is 0.339 e. The van der Waals surface area contributed by atoms with Gasteiger partial charge in [0.2, 0.25) is 0 Å². The topological polar surface area (TPSA) is 111 Å². The van der Waals surface area contributed by atoms with Crippen molar-refractivity contribution in [3.8, 4) is 11.5 Å². The molecule has 0 fully saturated rings. The minimum Gasteiger partial charge on any atom is -0.484 e. The first kappa shape index (κ1) is 22.9. The number of benzene rings is 2. The first-order valence-electron chi connectivity index (χ1n) is 7.91. The van der Waals surface area contributed by atoms with Crippen LogP contribution in [0.2, 0.25) is 5.02 Å². The van der Waals surface area contributed by atoms with E-state index in [1.807, 2.05) is 0 Å². The summed E-state index contributed by atoms with van der Waals surface area (Å²) in [5, 5.41) is 12.2. The van der Waals surface area contributed by atoms with E-state index in [1.54, 1.807) is 38.5 Å². The molecule has 0 saturated carbocycles. The van der Waals surface area contributed by atoms with Crippen LogP contribution >= 0.6 is 11.6 Å². The first-order chi connectivity index (χ1) is 13.3. The van der Waals surface area contributed by atoms with Crippen molar-refractivity contribution < 1.29 is 33.7 Å². The number of carboxylic acids is 1. The van der Waals surface area contributed by atoms with E-state index in [0.29, 0.717) is 10.8 Å². The van der Waals surface area contributed by atoms with Crippen molar-refractivity contribution in [2.24, 2.45) is 0 Å². The molecule has 0 radical (unpaired) electrons. The van der Waals surface area contributed by atoms with Crippen LogP contribution in [0, 0.1) is 0 Å². The second-order valence-corrected chi connectivity index (χ2v) is 5.75. The molecule has 0 aliphatic heterocycles. The lowest BCUT2D eigenvalue weighted by Gasteiger charge is -2.10. The lowest BCUT2D eigenvalue weighted by atomic mass is 10.1. The SMILES string of the molecule is CC(=O)Oc1ccc(NC(=O)COc2ccc(Cl)cc2)cc1C(=O)O.COC. The number of methoxy groups -OCH3 is 1. The first-order valence-corrected chi connectivity index (χ1v) is 8.28. The Morgan fingerprint density at radius 3 is 2.21 bits per heavy atom. The number of aromatic carboxylic acids is 1. The maximum Gasteiger partial charge on any atom is 0.339 e. The number of nitrogens with one attached hydrogen (secondary N) is 1. The number of ether oxygens (including phenoxy) is 3. The van der Waals surface area contributed by atoms with E-state index < -0.39 is 17.8 Å². The molecule has 0 heterocycles. The summed E-state index contributed by atoms with van der Waals surface area (Å²) in [5.74, 6) is -2.04. The third-order valence-electron chi connectivity index (χ3n) is 2.93. The summed E-state index contributed by atoms with van der Waals surface area (Å²) in [4.78, 5) is 34.1. The highest BCUT2D eigenvalue weighted by Gasteiger charge is 2.15. The van der Waals surface area contributed by atoms with E-state index >= 15 is 0 Å². The minimum atomic E-state index is -1.29. The van der Waals surface area contributed by atoms with Crippen molar-refractivity contribution in [2.45, 2.75) is 6.92 Å². The average Bonchev–Trinajstić information content (AvgIpc) is 2.62. The molecule has 9 heteroatoms. The van der Waals surface area contributed by atoms with Crippen molar-refractivity contribution in [3.05, 3.63) is 53.1 Å². The molecule has 2 N–H and O–H groups in total. The molecular formula is C19H20ClNO7. The van der Waals surface area contributed by atoms with Crippen LogP contribution in [0.4, 0.5) is 5.69 Å². The van der Waals surface area contributed by atoms with Gasteiger partial charge in [0.05, 0.1) is 0 Å². The number of carboxylic acid groups (broad SMARTS) is 1. The molecule has 0 bridgehead atoms. The van der Waals surface area contributed by atoms with Crippen molar-refractivity contribution in [1.29, 1.82) is 0 Å². The summed E-state index contributed by atoms with van der Waals surface area (Å²) in [5.41, 5.74) is -0.00960. The zero-order valence-corrected chi connectivity index (χ0v) is 16.3. The fourth-order valence-corrected chi connectivity index (χ4v) is 2.02. The second-order valence-electron chi connectivity index (χ2n) is 5.31. The molecule has 2 aromatic carbocycles. The number of esters is 1. The van der Waals surface area contributed by atoms with E-state index in [1.165, 1.54) is 18.2 Å². The van der Waals surface area contributed by atoms with Gasteiger partial charge in [-0.1, -0.05) is 11.6 Å². The van der Waals surface area contributed by atoms with Crippen LogP contribution < -0.4 is 14.8 Å². The van der Waals surface area contributed by atoms with Gasteiger partial charge < -0.3 is 24.6 Å². The van der Waals surface area contributed by atoms with Crippen LogP contribution in [0.15, 0.2) is 42.5 Å². The lowest BCUT2D eigenvalue weighted by Crippen LogP contribution is -2.20. The number of amides is 1. The minimum absolute atomic E-state index is 0.101. The Balaban J connectivity index is 0.00000122. The number of carbonyl (C=O) groups is 3. The van der Waals surface area contributed by atoms with Crippen LogP contribution in [0.1, 0.15) is 17.3 Å². The van der Waals surface area contributed by atoms with E-state index in [4.69, 9.17) is 21.1 Å². The summed E-state index contributed by atoms with van der Waals surface area (Å²) in [6.07, 6.45) is 0. The molecule has 0 saturated heterocycles. The summed E-state index contributed by atoms with van der Waals surface area (Å²) in [7, 11) is 3.25. The van der Waals surface area contributed by atoms with Crippen molar-refractivity contribution in [3.63, 3.8) is 0 Å². The van der Waals surface area contributed by atoms with Gasteiger partial charge in [0.15, 0.2) is 6.61 Å². The van der Waals surface area contributed by atoms with Crippen LogP contribution in [0.25, 0.3) is 0 Å². The monoisotopic (exact) mass is 409 g/mol. The van der Waals surface area contributed by atoms with Gasteiger partial charge >= 0.3 is 11.9 Å². The van der Waals surface area contributed by atoms with Crippen LogP contribution in [-0.2, 0) is 14.3 Å². The van der Waals surface area contributed by atoms with Gasteiger partial charge in [-0.05, 0) is 42.5 Å².